The van der Waals surface area contributed by atoms with E-state index in [9.17, 15) is 9.59 Å². The van der Waals surface area contributed by atoms with Gasteiger partial charge in [0.25, 0.3) is 5.56 Å². The van der Waals surface area contributed by atoms with Crippen LogP contribution in [0.2, 0.25) is 0 Å². The fourth-order valence-electron chi connectivity index (χ4n) is 3.39. The Kier molecular flexibility index (Phi) is 5.15. The van der Waals surface area contributed by atoms with Crippen LogP contribution in [0.4, 0.5) is 5.69 Å². The Morgan fingerprint density at radius 1 is 1.17 bits per heavy atom. The monoisotopic (exact) mass is 406 g/mol. The predicted octanol–water partition coefficient (Wildman–Crippen LogP) is 4.72. The van der Waals surface area contributed by atoms with Crippen molar-refractivity contribution in [2.45, 2.75) is 39.2 Å². The van der Waals surface area contributed by atoms with Gasteiger partial charge in [-0.25, -0.2) is 9.97 Å². The minimum Gasteiger partial charge on any atom is -0.324 e. The third kappa shape index (κ3) is 3.53. The fourth-order valence-corrected chi connectivity index (χ4v) is 4.42. The Hall–Kier alpha value is -3.06. The number of carbonyl (C=O) groups excluding carboxylic acids is 1. The van der Waals surface area contributed by atoms with Crippen LogP contribution in [-0.2, 0) is 4.79 Å². The number of carbonyl (C=O) groups is 1. The summed E-state index contributed by atoms with van der Waals surface area (Å²) >= 11 is 1.31. The minimum absolute atomic E-state index is 0.213. The van der Waals surface area contributed by atoms with Crippen LogP contribution >= 0.6 is 11.3 Å². The summed E-state index contributed by atoms with van der Waals surface area (Å²) in [6, 6.07) is 10.9. The van der Waals surface area contributed by atoms with Gasteiger partial charge < -0.3 is 5.32 Å². The highest BCUT2D eigenvalue weighted by Gasteiger charge is 2.22. The molecule has 0 aliphatic heterocycles. The van der Waals surface area contributed by atoms with Gasteiger partial charge in [-0.1, -0.05) is 32.9 Å². The van der Waals surface area contributed by atoms with Crippen LogP contribution in [0.3, 0.4) is 0 Å². The molecule has 0 saturated carbocycles. The van der Waals surface area contributed by atoms with Crippen LogP contribution in [0.15, 0.2) is 53.7 Å². The molecule has 0 unspecified atom stereocenters. The molecule has 1 atom stereocenters. The van der Waals surface area contributed by atoms with Crippen LogP contribution in [0.25, 0.3) is 20.4 Å². The van der Waals surface area contributed by atoms with Crippen molar-refractivity contribution in [1.82, 2.24) is 14.5 Å². The lowest BCUT2D eigenvalue weighted by Crippen LogP contribution is -2.33. The number of benzene rings is 1. The van der Waals surface area contributed by atoms with Crippen molar-refractivity contribution in [3.05, 3.63) is 64.8 Å². The SMILES string of the molecule is CC[C@H](C(=O)Nc1ccc(C(C)C)cc1)n1cnc2c(sc3ncccc32)c1=O. The molecule has 0 bridgehead atoms. The molecular formula is C22H22N4O2S. The number of aromatic nitrogens is 3. The molecule has 1 aromatic carbocycles. The first-order valence-corrected chi connectivity index (χ1v) is 10.5. The van der Waals surface area contributed by atoms with Crippen molar-refractivity contribution in [3.8, 4) is 0 Å². The van der Waals surface area contributed by atoms with E-state index in [-0.39, 0.29) is 11.5 Å². The van der Waals surface area contributed by atoms with Gasteiger partial charge in [-0.05, 0) is 42.2 Å². The molecule has 3 aromatic heterocycles. The molecule has 0 radical (unpaired) electrons. The van der Waals surface area contributed by atoms with E-state index >= 15 is 0 Å². The Morgan fingerprint density at radius 2 is 1.93 bits per heavy atom. The van der Waals surface area contributed by atoms with Gasteiger partial charge in [0.1, 0.15) is 15.6 Å². The summed E-state index contributed by atoms with van der Waals surface area (Å²) in [5, 5.41) is 3.78. The number of rotatable bonds is 5. The first kappa shape index (κ1) is 19.3. The zero-order chi connectivity index (χ0) is 20.5. The molecule has 0 fully saturated rings. The smallest absolute Gasteiger partial charge is 0.272 e. The van der Waals surface area contributed by atoms with Gasteiger partial charge in [0, 0.05) is 17.3 Å². The summed E-state index contributed by atoms with van der Waals surface area (Å²) in [5.41, 5.74) is 2.35. The first-order chi connectivity index (χ1) is 14.0. The average molecular weight is 407 g/mol. The highest BCUT2D eigenvalue weighted by Crippen LogP contribution is 2.28. The summed E-state index contributed by atoms with van der Waals surface area (Å²) in [6.07, 6.45) is 3.65. The van der Waals surface area contributed by atoms with E-state index < -0.39 is 6.04 Å². The third-order valence-electron chi connectivity index (χ3n) is 5.05. The van der Waals surface area contributed by atoms with Crippen LogP contribution in [-0.4, -0.2) is 20.4 Å². The van der Waals surface area contributed by atoms with E-state index in [1.807, 2.05) is 43.3 Å². The van der Waals surface area contributed by atoms with E-state index in [1.54, 1.807) is 6.20 Å². The number of hydrogen-bond acceptors (Lipinski definition) is 5. The maximum absolute atomic E-state index is 13.1. The van der Waals surface area contributed by atoms with Gasteiger partial charge >= 0.3 is 0 Å². The number of fused-ring (bicyclic) bond motifs is 3. The molecule has 0 aliphatic carbocycles. The second-order valence-electron chi connectivity index (χ2n) is 7.28. The minimum atomic E-state index is -0.637. The molecule has 1 amide bonds. The lowest BCUT2D eigenvalue weighted by molar-refractivity contribution is -0.119. The molecule has 3 heterocycles. The number of nitrogens with zero attached hydrogens (tertiary/aromatic N) is 3. The van der Waals surface area contributed by atoms with Crippen molar-refractivity contribution in [3.63, 3.8) is 0 Å². The second kappa shape index (κ2) is 7.75. The van der Waals surface area contributed by atoms with E-state index in [4.69, 9.17) is 0 Å². The van der Waals surface area contributed by atoms with Gasteiger partial charge in [0.15, 0.2) is 0 Å². The van der Waals surface area contributed by atoms with Gasteiger partial charge in [-0.15, -0.1) is 11.3 Å². The van der Waals surface area contributed by atoms with E-state index in [0.29, 0.717) is 28.2 Å². The van der Waals surface area contributed by atoms with E-state index in [1.165, 1.54) is 27.8 Å². The average Bonchev–Trinajstić information content (AvgIpc) is 3.10. The van der Waals surface area contributed by atoms with Gasteiger partial charge in [0.2, 0.25) is 5.91 Å². The number of nitrogens with one attached hydrogen (secondary N) is 1. The Morgan fingerprint density at radius 3 is 2.62 bits per heavy atom. The molecule has 4 rings (SSSR count). The molecule has 4 aromatic rings. The second-order valence-corrected chi connectivity index (χ2v) is 8.28. The van der Waals surface area contributed by atoms with Gasteiger partial charge in [0.05, 0.1) is 11.8 Å². The topological polar surface area (TPSA) is 76.9 Å². The molecule has 29 heavy (non-hydrogen) atoms. The molecule has 0 aliphatic rings. The molecule has 148 valence electrons. The normalized spacial score (nSPS) is 12.6. The standard InChI is InChI=1S/C22H22N4O2S/c1-4-17(20(27)25-15-9-7-14(8-10-15)13(2)3)26-12-24-18-16-6-5-11-23-21(16)29-19(18)22(26)28/h5-13,17H,4H2,1-3H3,(H,25,27)/t17-/m1/s1. The van der Waals surface area contributed by atoms with Crippen molar-refractivity contribution >= 4 is 43.4 Å². The van der Waals surface area contributed by atoms with E-state index in [0.717, 1.165) is 10.2 Å². The molecular weight excluding hydrogens is 384 g/mol. The molecule has 0 saturated heterocycles. The summed E-state index contributed by atoms with van der Waals surface area (Å²) in [7, 11) is 0. The van der Waals surface area contributed by atoms with Crippen LogP contribution < -0.4 is 10.9 Å². The number of amides is 1. The highest BCUT2D eigenvalue weighted by molar-refractivity contribution is 7.25. The summed E-state index contributed by atoms with van der Waals surface area (Å²) in [5.74, 6) is 0.197. The van der Waals surface area contributed by atoms with E-state index in [2.05, 4.69) is 29.1 Å². The quantitative estimate of drug-likeness (QED) is 0.520. The number of thiophene rings is 1. The zero-order valence-electron chi connectivity index (χ0n) is 16.5. The van der Waals surface area contributed by atoms with Crippen molar-refractivity contribution in [2.24, 2.45) is 0 Å². The Bertz CT molecular complexity index is 1240. The van der Waals surface area contributed by atoms with Gasteiger partial charge in [-0.3, -0.25) is 14.2 Å². The van der Waals surface area contributed by atoms with Crippen molar-refractivity contribution < 1.29 is 4.79 Å². The maximum atomic E-state index is 13.1. The summed E-state index contributed by atoms with van der Waals surface area (Å²) in [4.78, 5) is 35.6. The number of anilines is 1. The number of pyridine rings is 1. The lowest BCUT2D eigenvalue weighted by Gasteiger charge is -2.18. The van der Waals surface area contributed by atoms with Crippen molar-refractivity contribution in [1.29, 1.82) is 0 Å². The largest absolute Gasteiger partial charge is 0.324 e. The summed E-state index contributed by atoms with van der Waals surface area (Å²) < 4.78 is 1.95. The van der Waals surface area contributed by atoms with Crippen LogP contribution in [0.5, 0.6) is 0 Å². The fraction of sp³-hybridized carbons (Fsp3) is 0.273. The third-order valence-corrected chi connectivity index (χ3v) is 6.14. The van der Waals surface area contributed by atoms with Crippen molar-refractivity contribution in [2.75, 3.05) is 5.32 Å². The van der Waals surface area contributed by atoms with Crippen LogP contribution in [0.1, 0.15) is 44.7 Å². The Balaban J connectivity index is 1.67. The summed E-state index contributed by atoms with van der Waals surface area (Å²) in [6.45, 7) is 6.13. The van der Waals surface area contributed by atoms with Crippen LogP contribution in [0, 0.1) is 0 Å². The molecule has 1 N–H and O–H groups in total. The predicted molar refractivity (Wildman–Crippen MR) is 118 cm³/mol. The molecule has 0 spiro atoms. The highest BCUT2D eigenvalue weighted by atomic mass is 32.1. The number of hydrogen-bond donors (Lipinski definition) is 1. The first-order valence-electron chi connectivity index (χ1n) is 9.64. The molecule has 6 nitrogen and oxygen atoms in total. The Labute approximate surface area is 172 Å². The van der Waals surface area contributed by atoms with Gasteiger partial charge in [-0.2, -0.15) is 0 Å². The zero-order valence-corrected chi connectivity index (χ0v) is 17.4. The molecule has 7 heteroatoms. The maximum Gasteiger partial charge on any atom is 0.272 e. The lowest BCUT2D eigenvalue weighted by atomic mass is 10.0.